The van der Waals surface area contributed by atoms with Crippen LogP contribution in [0.1, 0.15) is 23.5 Å². The van der Waals surface area contributed by atoms with Crippen LogP contribution in [-0.2, 0) is 0 Å². The molecule has 0 bridgehead atoms. The summed E-state index contributed by atoms with van der Waals surface area (Å²) in [6.45, 7) is 5.90. The minimum absolute atomic E-state index is 0.153. The monoisotopic (exact) mass is 276 g/mol. The summed E-state index contributed by atoms with van der Waals surface area (Å²) in [4.78, 5) is 14.6. The van der Waals surface area contributed by atoms with Gasteiger partial charge >= 0.3 is 0 Å². The molecule has 0 radical (unpaired) electrons. The largest absolute Gasteiger partial charge is 0.356 e. The van der Waals surface area contributed by atoms with E-state index in [0.29, 0.717) is 10.7 Å². The van der Waals surface area contributed by atoms with Crippen LogP contribution in [0.4, 0.5) is 11.6 Å². The Morgan fingerprint density at radius 3 is 2.58 bits per heavy atom. The van der Waals surface area contributed by atoms with Crippen molar-refractivity contribution in [3.05, 3.63) is 34.5 Å². The summed E-state index contributed by atoms with van der Waals surface area (Å²) in [6, 6.07) is 7.25. The Bertz CT molecular complexity index is 520. The van der Waals surface area contributed by atoms with Crippen molar-refractivity contribution in [3.63, 3.8) is 0 Å². The molecule has 6 heteroatoms. The van der Waals surface area contributed by atoms with E-state index in [1.54, 1.807) is 12.1 Å². The van der Waals surface area contributed by atoms with E-state index in [1.165, 1.54) is 11.3 Å². The van der Waals surface area contributed by atoms with Crippen LogP contribution in [0.3, 0.4) is 0 Å². The van der Waals surface area contributed by atoms with Crippen molar-refractivity contribution < 1.29 is 4.79 Å². The highest BCUT2D eigenvalue weighted by molar-refractivity contribution is 7.12. The Kier molecular flexibility index (Phi) is 4.46. The lowest BCUT2D eigenvalue weighted by Gasteiger charge is -2.18. The average Bonchev–Trinajstić information content (AvgIpc) is 2.96. The second-order valence-corrected chi connectivity index (χ2v) is 4.83. The summed E-state index contributed by atoms with van der Waals surface area (Å²) in [5.74, 6) is 1.13. The van der Waals surface area contributed by atoms with E-state index in [9.17, 15) is 4.79 Å². The smallest absolute Gasteiger partial charge is 0.266 e. The van der Waals surface area contributed by atoms with Crippen LogP contribution < -0.4 is 10.2 Å². The van der Waals surface area contributed by atoms with Crippen molar-refractivity contribution in [1.82, 2.24) is 10.2 Å². The Hall–Kier alpha value is -1.95. The zero-order chi connectivity index (χ0) is 13.7. The van der Waals surface area contributed by atoms with Crippen molar-refractivity contribution in [2.24, 2.45) is 0 Å². The molecule has 0 aliphatic heterocycles. The molecule has 1 N–H and O–H groups in total. The lowest BCUT2D eigenvalue weighted by molar-refractivity contribution is 0.103. The molecule has 0 fully saturated rings. The van der Waals surface area contributed by atoms with Crippen LogP contribution in [-0.4, -0.2) is 29.2 Å². The third-order valence-corrected chi connectivity index (χ3v) is 3.59. The van der Waals surface area contributed by atoms with Crippen LogP contribution in [0.5, 0.6) is 0 Å². The van der Waals surface area contributed by atoms with E-state index in [0.717, 1.165) is 18.9 Å². The first kappa shape index (κ1) is 13.5. The molecule has 5 nitrogen and oxygen atoms in total. The van der Waals surface area contributed by atoms with Crippen LogP contribution >= 0.6 is 11.3 Å². The number of aromatic nitrogens is 2. The van der Waals surface area contributed by atoms with Crippen molar-refractivity contribution in [3.8, 4) is 0 Å². The fraction of sp³-hybridized carbons (Fsp3) is 0.308. The number of thiophene rings is 1. The van der Waals surface area contributed by atoms with Gasteiger partial charge in [-0.25, -0.2) is 0 Å². The van der Waals surface area contributed by atoms with Crippen molar-refractivity contribution in [2.75, 3.05) is 23.3 Å². The molecule has 100 valence electrons. The Labute approximate surface area is 116 Å². The fourth-order valence-corrected chi connectivity index (χ4v) is 2.31. The van der Waals surface area contributed by atoms with E-state index in [1.807, 2.05) is 17.5 Å². The fourth-order valence-electron chi connectivity index (χ4n) is 1.69. The number of nitrogens with one attached hydrogen (secondary N) is 1. The standard InChI is InChI=1S/C13H16N4OS/c1-3-17(4-2)12-8-7-11(15-16-12)14-13(18)10-6-5-9-19-10/h5-9H,3-4H2,1-2H3,(H,14,15,18). The highest BCUT2D eigenvalue weighted by Gasteiger charge is 2.09. The number of carbonyl (C=O) groups is 1. The van der Waals surface area contributed by atoms with Gasteiger partial charge in [-0.15, -0.1) is 21.5 Å². The lowest BCUT2D eigenvalue weighted by Crippen LogP contribution is -2.23. The molecule has 2 rings (SSSR count). The Balaban J connectivity index is 2.05. The van der Waals surface area contributed by atoms with E-state index >= 15 is 0 Å². The maximum atomic E-state index is 11.8. The molecule has 0 saturated carbocycles. The van der Waals surface area contributed by atoms with Gasteiger partial charge in [0.2, 0.25) is 0 Å². The highest BCUT2D eigenvalue weighted by Crippen LogP contribution is 2.14. The Morgan fingerprint density at radius 1 is 1.26 bits per heavy atom. The van der Waals surface area contributed by atoms with Gasteiger partial charge in [-0.1, -0.05) is 6.07 Å². The van der Waals surface area contributed by atoms with Gasteiger partial charge in [0.15, 0.2) is 11.6 Å². The summed E-state index contributed by atoms with van der Waals surface area (Å²) in [6.07, 6.45) is 0. The van der Waals surface area contributed by atoms with Gasteiger partial charge in [0.05, 0.1) is 4.88 Å². The van der Waals surface area contributed by atoms with Crippen molar-refractivity contribution in [1.29, 1.82) is 0 Å². The minimum atomic E-state index is -0.153. The van der Waals surface area contributed by atoms with Gasteiger partial charge in [0.1, 0.15) is 0 Å². The van der Waals surface area contributed by atoms with Gasteiger partial charge in [-0.3, -0.25) is 4.79 Å². The first-order chi connectivity index (χ1) is 9.24. The molecule has 2 aromatic heterocycles. The van der Waals surface area contributed by atoms with Gasteiger partial charge in [-0.05, 0) is 37.4 Å². The molecule has 0 atom stereocenters. The number of rotatable bonds is 5. The maximum Gasteiger partial charge on any atom is 0.266 e. The number of carbonyl (C=O) groups excluding carboxylic acids is 1. The summed E-state index contributed by atoms with van der Waals surface area (Å²) in [5, 5.41) is 12.7. The molecule has 0 spiro atoms. The number of hydrogen-bond donors (Lipinski definition) is 1. The molecule has 2 aromatic rings. The van der Waals surface area contributed by atoms with Crippen LogP contribution in [0.25, 0.3) is 0 Å². The molecular formula is C13H16N4OS. The molecule has 19 heavy (non-hydrogen) atoms. The molecule has 0 unspecified atom stereocenters. The zero-order valence-corrected chi connectivity index (χ0v) is 11.8. The lowest BCUT2D eigenvalue weighted by atomic mass is 10.4. The molecule has 1 amide bonds. The zero-order valence-electron chi connectivity index (χ0n) is 11.0. The van der Waals surface area contributed by atoms with E-state index in [2.05, 4.69) is 34.3 Å². The van der Waals surface area contributed by atoms with Crippen LogP contribution in [0.2, 0.25) is 0 Å². The first-order valence-corrected chi connectivity index (χ1v) is 7.06. The molecular weight excluding hydrogens is 260 g/mol. The summed E-state index contributed by atoms with van der Waals surface area (Å²) in [5.41, 5.74) is 0. The second kappa shape index (κ2) is 6.29. The van der Waals surface area contributed by atoms with Crippen LogP contribution in [0.15, 0.2) is 29.6 Å². The summed E-state index contributed by atoms with van der Waals surface area (Å²) < 4.78 is 0. The predicted octanol–water partition coefficient (Wildman–Crippen LogP) is 2.64. The summed E-state index contributed by atoms with van der Waals surface area (Å²) in [7, 11) is 0. The quantitative estimate of drug-likeness (QED) is 0.912. The molecule has 2 heterocycles. The van der Waals surface area contributed by atoms with Crippen molar-refractivity contribution >= 4 is 28.9 Å². The number of anilines is 2. The van der Waals surface area contributed by atoms with Gasteiger partial charge in [0, 0.05) is 13.1 Å². The normalized spacial score (nSPS) is 10.2. The highest BCUT2D eigenvalue weighted by atomic mass is 32.1. The van der Waals surface area contributed by atoms with Crippen LogP contribution in [0, 0.1) is 0 Å². The van der Waals surface area contributed by atoms with Gasteiger partial charge in [0.25, 0.3) is 5.91 Å². The van der Waals surface area contributed by atoms with Crippen molar-refractivity contribution in [2.45, 2.75) is 13.8 Å². The minimum Gasteiger partial charge on any atom is -0.356 e. The summed E-state index contributed by atoms with van der Waals surface area (Å²) >= 11 is 1.40. The topological polar surface area (TPSA) is 58.1 Å². The third-order valence-electron chi connectivity index (χ3n) is 2.72. The number of nitrogens with zero attached hydrogens (tertiary/aromatic N) is 3. The number of amides is 1. The third kappa shape index (κ3) is 3.29. The predicted molar refractivity (Wildman–Crippen MR) is 77.9 cm³/mol. The molecule has 0 aromatic carbocycles. The number of hydrogen-bond acceptors (Lipinski definition) is 5. The maximum absolute atomic E-state index is 11.8. The van der Waals surface area contributed by atoms with E-state index < -0.39 is 0 Å². The van der Waals surface area contributed by atoms with E-state index in [-0.39, 0.29) is 5.91 Å². The first-order valence-electron chi connectivity index (χ1n) is 6.18. The van der Waals surface area contributed by atoms with Gasteiger partial charge in [-0.2, -0.15) is 0 Å². The Morgan fingerprint density at radius 2 is 2.05 bits per heavy atom. The molecule has 0 saturated heterocycles. The molecule has 0 aliphatic carbocycles. The van der Waals surface area contributed by atoms with E-state index in [4.69, 9.17) is 0 Å². The SMILES string of the molecule is CCN(CC)c1ccc(NC(=O)c2cccs2)nn1. The van der Waals surface area contributed by atoms with Gasteiger partial charge < -0.3 is 10.2 Å². The molecule has 0 aliphatic rings. The average molecular weight is 276 g/mol. The second-order valence-electron chi connectivity index (χ2n) is 3.88.